The van der Waals surface area contributed by atoms with Crippen LogP contribution in [0.5, 0.6) is 11.5 Å². The van der Waals surface area contributed by atoms with Crippen LogP contribution in [0.15, 0.2) is 34.2 Å². The van der Waals surface area contributed by atoms with Crippen LogP contribution in [-0.2, 0) is 26.5 Å². The second-order valence-electron chi connectivity index (χ2n) is 8.67. The Balaban J connectivity index is 1.31. The van der Waals surface area contributed by atoms with Gasteiger partial charge in [0, 0.05) is 11.9 Å². The number of fused-ring (bicyclic) bond motifs is 3. The number of thioether (sulfide) groups is 1. The highest BCUT2D eigenvalue weighted by atomic mass is 32.2. The number of hydrogen-bond donors (Lipinski definition) is 1. The molecule has 5 rings (SSSR count). The average Bonchev–Trinajstić information content (AvgIpc) is 3.37. The minimum absolute atomic E-state index is 0.0361. The molecule has 4 aromatic rings. The smallest absolute Gasteiger partial charge is 0.259 e. The van der Waals surface area contributed by atoms with Crippen molar-refractivity contribution in [3.8, 4) is 11.5 Å². The Morgan fingerprint density at radius 1 is 1.26 bits per heavy atom. The molecule has 1 aliphatic rings. The molecule has 3 aromatic heterocycles. The standard InChI is InChI=1S/C24H27N5O3S2/c1-13-5-10-17-18(11-13)34-23-20(17)22(30)25-21(26-23)14(2)33-24-28-27-19(29(24)3)12-32-16-8-6-15(31-4)7-9-16/h6-9,13-14H,5,10-12H2,1-4H3,(H,25,26,30). The molecule has 10 heteroatoms. The molecule has 34 heavy (non-hydrogen) atoms. The van der Waals surface area contributed by atoms with E-state index in [1.54, 1.807) is 18.4 Å². The summed E-state index contributed by atoms with van der Waals surface area (Å²) in [6, 6.07) is 7.41. The summed E-state index contributed by atoms with van der Waals surface area (Å²) in [6.45, 7) is 4.59. The largest absolute Gasteiger partial charge is 0.497 e. The lowest BCUT2D eigenvalue weighted by Gasteiger charge is -2.17. The first-order chi connectivity index (χ1) is 16.4. The highest BCUT2D eigenvalue weighted by Crippen LogP contribution is 2.37. The molecule has 3 heterocycles. The van der Waals surface area contributed by atoms with Crippen molar-refractivity contribution < 1.29 is 9.47 Å². The van der Waals surface area contributed by atoms with Crippen molar-refractivity contribution in [2.45, 2.75) is 50.1 Å². The number of aromatic amines is 1. The molecule has 0 saturated heterocycles. The molecule has 1 aliphatic carbocycles. The van der Waals surface area contributed by atoms with E-state index in [0.29, 0.717) is 24.2 Å². The number of rotatable bonds is 7. The molecule has 1 N–H and O–H groups in total. The molecular formula is C24H27N5O3S2. The molecule has 2 unspecified atom stereocenters. The van der Waals surface area contributed by atoms with Crippen LogP contribution in [0.2, 0.25) is 0 Å². The number of thiophene rings is 1. The lowest BCUT2D eigenvalue weighted by atomic mass is 9.89. The van der Waals surface area contributed by atoms with Gasteiger partial charge in [-0.1, -0.05) is 18.7 Å². The minimum atomic E-state index is -0.0894. The maximum Gasteiger partial charge on any atom is 0.259 e. The molecule has 0 amide bonds. The Morgan fingerprint density at radius 2 is 2.03 bits per heavy atom. The topological polar surface area (TPSA) is 94.9 Å². The maximum atomic E-state index is 12.9. The third-order valence-electron chi connectivity index (χ3n) is 6.20. The summed E-state index contributed by atoms with van der Waals surface area (Å²) in [5.74, 6) is 3.54. The fourth-order valence-corrected chi connectivity index (χ4v) is 6.45. The molecule has 0 radical (unpaired) electrons. The van der Waals surface area contributed by atoms with E-state index in [4.69, 9.17) is 14.5 Å². The van der Waals surface area contributed by atoms with Crippen molar-refractivity contribution in [3.05, 3.63) is 56.7 Å². The normalized spacial score (nSPS) is 16.4. The summed E-state index contributed by atoms with van der Waals surface area (Å²) in [5.41, 5.74) is 1.17. The second kappa shape index (κ2) is 9.42. The van der Waals surface area contributed by atoms with E-state index in [1.807, 2.05) is 42.8 Å². The van der Waals surface area contributed by atoms with Crippen molar-refractivity contribution in [2.24, 2.45) is 13.0 Å². The lowest BCUT2D eigenvalue weighted by Crippen LogP contribution is -2.15. The summed E-state index contributed by atoms with van der Waals surface area (Å²) in [4.78, 5) is 23.0. The zero-order valence-electron chi connectivity index (χ0n) is 19.6. The van der Waals surface area contributed by atoms with Gasteiger partial charge >= 0.3 is 0 Å². The zero-order chi connectivity index (χ0) is 23.8. The molecule has 2 atom stereocenters. The van der Waals surface area contributed by atoms with E-state index in [0.717, 1.165) is 46.1 Å². The van der Waals surface area contributed by atoms with Gasteiger partial charge in [-0.25, -0.2) is 4.98 Å². The summed E-state index contributed by atoms with van der Waals surface area (Å²) in [5, 5.41) is 10.0. The molecule has 0 fully saturated rings. The van der Waals surface area contributed by atoms with Gasteiger partial charge < -0.3 is 19.0 Å². The maximum absolute atomic E-state index is 12.9. The molecule has 8 nitrogen and oxygen atoms in total. The number of hydrogen-bond acceptors (Lipinski definition) is 8. The Hall–Kier alpha value is -2.85. The van der Waals surface area contributed by atoms with Crippen LogP contribution in [0.3, 0.4) is 0 Å². The van der Waals surface area contributed by atoms with E-state index in [-0.39, 0.29) is 10.8 Å². The molecular weight excluding hydrogens is 470 g/mol. The summed E-state index contributed by atoms with van der Waals surface area (Å²) in [7, 11) is 3.54. The number of nitrogens with one attached hydrogen (secondary N) is 1. The average molecular weight is 498 g/mol. The van der Waals surface area contributed by atoms with Crippen molar-refractivity contribution in [3.63, 3.8) is 0 Å². The number of benzene rings is 1. The molecule has 0 spiro atoms. The van der Waals surface area contributed by atoms with Gasteiger partial charge in [-0.2, -0.15) is 0 Å². The number of methoxy groups -OCH3 is 1. The zero-order valence-corrected chi connectivity index (χ0v) is 21.3. The molecule has 0 aliphatic heterocycles. The van der Waals surface area contributed by atoms with Crippen molar-refractivity contribution in [2.75, 3.05) is 7.11 Å². The third-order valence-corrected chi connectivity index (χ3v) is 8.49. The minimum Gasteiger partial charge on any atom is -0.497 e. The van der Waals surface area contributed by atoms with Gasteiger partial charge in [0.15, 0.2) is 11.0 Å². The van der Waals surface area contributed by atoms with E-state index in [2.05, 4.69) is 22.1 Å². The van der Waals surface area contributed by atoms with Crippen molar-refractivity contribution in [1.82, 2.24) is 24.7 Å². The van der Waals surface area contributed by atoms with E-state index in [1.165, 1.54) is 22.2 Å². The number of aromatic nitrogens is 5. The lowest BCUT2D eigenvalue weighted by molar-refractivity contribution is 0.290. The third kappa shape index (κ3) is 4.44. The van der Waals surface area contributed by atoms with Crippen LogP contribution < -0.4 is 15.0 Å². The molecule has 0 saturated carbocycles. The summed E-state index contributed by atoms with van der Waals surface area (Å²) >= 11 is 3.18. The Kier molecular flexibility index (Phi) is 6.35. The first-order valence-electron chi connectivity index (χ1n) is 11.3. The number of H-pyrrole nitrogens is 1. The summed E-state index contributed by atoms with van der Waals surface area (Å²) < 4.78 is 12.9. The van der Waals surface area contributed by atoms with E-state index >= 15 is 0 Å². The van der Waals surface area contributed by atoms with Gasteiger partial charge in [0.2, 0.25) is 0 Å². The van der Waals surface area contributed by atoms with Crippen LogP contribution in [-0.4, -0.2) is 31.8 Å². The Morgan fingerprint density at radius 3 is 2.79 bits per heavy atom. The fourth-order valence-electron chi connectivity index (χ4n) is 4.17. The first kappa shape index (κ1) is 22.9. The molecule has 0 bridgehead atoms. The Labute approximate surface area is 205 Å². The fraction of sp³-hybridized carbons (Fsp3) is 0.417. The van der Waals surface area contributed by atoms with E-state index in [9.17, 15) is 4.79 Å². The highest BCUT2D eigenvalue weighted by molar-refractivity contribution is 7.99. The van der Waals surface area contributed by atoms with Crippen LogP contribution >= 0.6 is 23.1 Å². The SMILES string of the molecule is COc1ccc(OCc2nnc(SC(C)c3nc4sc5c(c4c(=O)[nH]3)CCC(C)C5)n2C)cc1. The van der Waals surface area contributed by atoms with E-state index < -0.39 is 0 Å². The van der Waals surface area contributed by atoms with Gasteiger partial charge in [0.1, 0.15) is 28.8 Å². The molecule has 1 aromatic carbocycles. The van der Waals surface area contributed by atoms with Gasteiger partial charge in [0.25, 0.3) is 5.56 Å². The Bertz CT molecular complexity index is 1380. The predicted molar refractivity (Wildman–Crippen MR) is 134 cm³/mol. The van der Waals surface area contributed by atoms with Crippen molar-refractivity contribution >= 4 is 33.3 Å². The highest BCUT2D eigenvalue weighted by Gasteiger charge is 2.24. The number of ether oxygens (including phenoxy) is 2. The predicted octanol–water partition coefficient (Wildman–Crippen LogP) is 4.68. The first-order valence-corrected chi connectivity index (χ1v) is 13.0. The number of nitrogens with zero attached hydrogens (tertiary/aromatic N) is 4. The van der Waals surface area contributed by atoms with Crippen LogP contribution in [0.1, 0.15) is 47.6 Å². The van der Waals surface area contributed by atoms with Crippen molar-refractivity contribution in [1.29, 1.82) is 0 Å². The molecule has 178 valence electrons. The van der Waals surface area contributed by atoms with Crippen LogP contribution in [0, 0.1) is 5.92 Å². The van der Waals surface area contributed by atoms with Crippen LogP contribution in [0.25, 0.3) is 10.2 Å². The quantitative estimate of drug-likeness (QED) is 0.371. The number of aryl methyl sites for hydroxylation is 1. The van der Waals surface area contributed by atoms with Gasteiger partial charge in [-0.05, 0) is 61.9 Å². The second-order valence-corrected chi connectivity index (χ2v) is 11.1. The van der Waals surface area contributed by atoms with Gasteiger partial charge in [0.05, 0.1) is 17.7 Å². The summed E-state index contributed by atoms with van der Waals surface area (Å²) in [6.07, 6.45) is 3.13. The van der Waals surface area contributed by atoms with Gasteiger partial charge in [-0.3, -0.25) is 4.79 Å². The van der Waals surface area contributed by atoms with Gasteiger partial charge in [-0.15, -0.1) is 21.5 Å². The monoisotopic (exact) mass is 497 g/mol. The van der Waals surface area contributed by atoms with Crippen LogP contribution in [0.4, 0.5) is 0 Å².